The van der Waals surface area contributed by atoms with Gasteiger partial charge in [-0.3, -0.25) is 28.9 Å². The van der Waals surface area contributed by atoms with Crippen molar-refractivity contribution in [2.75, 3.05) is 25.5 Å². The number of nitrogens with one attached hydrogen (secondary N) is 3. The minimum absolute atomic E-state index is 0.0521. The van der Waals surface area contributed by atoms with Gasteiger partial charge in [-0.05, 0) is 62.3 Å². The molecule has 0 saturated carbocycles. The van der Waals surface area contributed by atoms with Gasteiger partial charge in [0.05, 0.1) is 25.4 Å². The average molecular weight is 631 g/mol. The molecule has 0 radical (unpaired) electrons. The Morgan fingerprint density at radius 1 is 1.04 bits per heavy atom. The van der Waals surface area contributed by atoms with Crippen molar-refractivity contribution in [2.24, 2.45) is 0 Å². The summed E-state index contributed by atoms with van der Waals surface area (Å²) in [4.78, 5) is 72.8. The molecule has 2 aliphatic rings. The van der Waals surface area contributed by atoms with Gasteiger partial charge in [0.25, 0.3) is 11.8 Å². The summed E-state index contributed by atoms with van der Waals surface area (Å²) in [6.45, 7) is 1.84. The number of carboxylic acids is 1. The van der Waals surface area contributed by atoms with E-state index in [9.17, 15) is 39.0 Å². The topological polar surface area (TPSA) is 201 Å². The normalized spacial score (nSPS) is 20.2. The maximum absolute atomic E-state index is 12.8. The lowest BCUT2D eigenvalue weighted by atomic mass is 9.94. The first-order chi connectivity index (χ1) is 21.5. The van der Waals surface area contributed by atoms with E-state index in [2.05, 4.69) is 16.0 Å². The van der Waals surface area contributed by atoms with Gasteiger partial charge in [-0.2, -0.15) is 0 Å². The number of ether oxygens (including phenoxy) is 2. The highest BCUT2D eigenvalue weighted by Crippen LogP contribution is 2.25. The van der Waals surface area contributed by atoms with Gasteiger partial charge in [0.1, 0.15) is 6.04 Å². The van der Waals surface area contributed by atoms with Crippen molar-refractivity contribution in [1.82, 2.24) is 15.5 Å². The number of hydrogen-bond donors (Lipinski definition) is 5. The van der Waals surface area contributed by atoms with Crippen LogP contribution in [0.2, 0.25) is 0 Å². The van der Waals surface area contributed by atoms with Crippen molar-refractivity contribution in [3.8, 4) is 0 Å². The fraction of sp³-hybridized carbons (Fsp3) is 0.548. The van der Waals surface area contributed by atoms with Gasteiger partial charge in [-0.15, -0.1) is 0 Å². The van der Waals surface area contributed by atoms with Crippen LogP contribution in [0.5, 0.6) is 0 Å². The van der Waals surface area contributed by atoms with Crippen molar-refractivity contribution >= 4 is 41.2 Å². The lowest BCUT2D eigenvalue weighted by Crippen LogP contribution is -2.45. The summed E-state index contributed by atoms with van der Waals surface area (Å²) in [6.07, 6.45) is 3.47. The lowest BCUT2D eigenvalue weighted by molar-refractivity contribution is -0.166. The number of hydrogen-bond acceptors (Lipinski definition) is 9. The number of anilines is 1. The monoisotopic (exact) mass is 630 g/mol. The van der Waals surface area contributed by atoms with Crippen molar-refractivity contribution in [2.45, 2.75) is 89.3 Å². The van der Waals surface area contributed by atoms with Crippen LogP contribution in [0.4, 0.5) is 5.69 Å². The molecule has 4 atom stereocenters. The predicted octanol–water partition coefficient (Wildman–Crippen LogP) is 0.804. The number of aliphatic hydroxyl groups excluding tert-OH is 1. The van der Waals surface area contributed by atoms with Crippen molar-refractivity contribution in [3.05, 3.63) is 41.5 Å². The lowest BCUT2D eigenvalue weighted by Gasteiger charge is -2.31. The maximum Gasteiger partial charge on any atom is 0.332 e. The second kappa shape index (κ2) is 17.4. The minimum Gasteiger partial charge on any atom is -0.479 e. The average Bonchev–Trinajstić information content (AvgIpc) is 3.31. The van der Waals surface area contributed by atoms with Crippen molar-refractivity contribution < 1.29 is 48.5 Å². The van der Waals surface area contributed by atoms with Crippen molar-refractivity contribution in [1.29, 1.82) is 0 Å². The summed E-state index contributed by atoms with van der Waals surface area (Å²) in [5, 5.41) is 27.2. The molecule has 2 heterocycles. The number of carboxylic acid groups (broad SMARTS) is 1. The zero-order valence-electron chi connectivity index (χ0n) is 25.6. The van der Waals surface area contributed by atoms with E-state index < -0.39 is 42.1 Å². The van der Waals surface area contributed by atoms with Crippen LogP contribution < -0.4 is 16.0 Å². The molecule has 1 saturated heterocycles. The number of carbonyl (C=O) groups excluding carboxylic acids is 5. The minimum atomic E-state index is -1.11. The molecular weight excluding hydrogens is 588 g/mol. The van der Waals surface area contributed by atoms with Crippen molar-refractivity contribution in [3.63, 3.8) is 0 Å². The molecule has 0 aromatic heterocycles. The SMILES string of the molecule is COCc1ccc(NC(=O)C(C)NC(=O)CNC(=O)CCCCCN2C(=O)C=CC2=O)cc1CCC1CC(O)CC(C(=O)O)O1. The van der Waals surface area contributed by atoms with E-state index in [0.717, 1.165) is 16.0 Å². The Kier molecular flexibility index (Phi) is 13.6. The summed E-state index contributed by atoms with van der Waals surface area (Å²) in [5.74, 6) is -3.10. The largest absolute Gasteiger partial charge is 0.479 e. The molecule has 1 fully saturated rings. The van der Waals surface area contributed by atoms with Crippen LogP contribution in [-0.2, 0) is 51.3 Å². The van der Waals surface area contributed by atoms with E-state index >= 15 is 0 Å². The zero-order chi connectivity index (χ0) is 32.9. The highest BCUT2D eigenvalue weighted by molar-refractivity contribution is 6.12. The van der Waals surface area contributed by atoms with Gasteiger partial charge in [0, 0.05) is 44.3 Å². The summed E-state index contributed by atoms with van der Waals surface area (Å²) >= 11 is 0. The highest BCUT2D eigenvalue weighted by Gasteiger charge is 2.32. The smallest absolute Gasteiger partial charge is 0.332 e. The van der Waals surface area contributed by atoms with E-state index in [-0.39, 0.29) is 37.1 Å². The van der Waals surface area contributed by atoms with E-state index in [1.807, 2.05) is 6.07 Å². The summed E-state index contributed by atoms with van der Waals surface area (Å²) in [7, 11) is 1.56. The van der Waals surface area contributed by atoms with Crippen LogP contribution in [0, 0.1) is 0 Å². The third-order valence-corrected chi connectivity index (χ3v) is 7.57. The number of aliphatic carboxylic acids is 1. The second-order valence-electron chi connectivity index (χ2n) is 11.2. The maximum atomic E-state index is 12.8. The van der Waals surface area contributed by atoms with Gasteiger partial charge in [-0.25, -0.2) is 4.79 Å². The number of imide groups is 1. The van der Waals surface area contributed by atoms with Gasteiger partial charge in [0.15, 0.2) is 6.10 Å². The van der Waals surface area contributed by atoms with Gasteiger partial charge >= 0.3 is 5.97 Å². The Morgan fingerprint density at radius 2 is 1.78 bits per heavy atom. The number of carbonyl (C=O) groups is 6. The molecule has 45 heavy (non-hydrogen) atoms. The standard InChI is InChI=1S/C31H42N4O10/c1-19(33-27(38)17-32-26(37)6-4-3-5-13-35-28(39)11-12-29(35)40)30(41)34-22-9-7-21(18-44-2)20(14-22)8-10-24-15-23(36)16-25(45-24)31(42)43/h7,9,11-12,14,19,23-25,36H,3-6,8,10,13,15-18H2,1-2H3,(H,32,37)(H,33,38)(H,34,41)(H,42,43). The highest BCUT2D eigenvalue weighted by atomic mass is 16.5. The molecule has 0 spiro atoms. The molecule has 0 aliphatic carbocycles. The van der Waals surface area contributed by atoms with Gasteiger partial charge in [-0.1, -0.05) is 12.5 Å². The molecule has 5 amide bonds. The van der Waals surface area contributed by atoms with Gasteiger partial charge in [0.2, 0.25) is 17.7 Å². The third kappa shape index (κ3) is 11.4. The first-order valence-electron chi connectivity index (χ1n) is 15.0. The molecule has 0 bridgehead atoms. The van der Waals surface area contributed by atoms with Crippen LogP contribution in [0.3, 0.4) is 0 Å². The summed E-state index contributed by atoms with van der Waals surface area (Å²) in [6, 6.07) is 4.41. The first kappa shape index (κ1) is 35.3. The zero-order valence-corrected chi connectivity index (χ0v) is 25.6. The number of methoxy groups -OCH3 is 1. The third-order valence-electron chi connectivity index (χ3n) is 7.57. The molecule has 2 aliphatic heterocycles. The fourth-order valence-corrected chi connectivity index (χ4v) is 5.14. The molecule has 14 nitrogen and oxygen atoms in total. The predicted molar refractivity (Wildman–Crippen MR) is 161 cm³/mol. The van der Waals surface area contributed by atoms with Crippen LogP contribution in [0.25, 0.3) is 0 Å². The number of aryl methyl sites for hydroxylation is 1. The Bertz CT molecular complexity index is 1260. The van der Waals surface area contributed by atoms with Crippen LogP contribution >= 0.6 is 0 Å². The molecular formula is C31H42N4O10. The summed E-state index contributed by atoms with van der Waals surface area (Å²) < 4.78 is 10.9. The summed E-state index contributed by atoms with van der Waals surface area (Å²) in [5.41, 5.74) is 2.24. The molecule has 246 valence electrons. The molecule has 1 aromatic rings. The molecule has 1 aromatic carbocycles. The molecule has 5 N–H and O–H groups in total. The number of benzene rings is 1. The Hall–Kier alpha value is -4.14. The number of amides is 5. The molecule has 14 heteroatoms. The second-order valence-corrected chi connectivity index (χ2v) is 11.2. The van der Waals surface area contributed by atoms with E-state index in [1.165, 1.54) is 19.1 Å². The van der Waals surface area contributed by atoms with E-state index in [0.29, 0.717) is 57.4 Å². The Balaban J connectivity index is 1.40. The van der Waals surface area contributed by atoms with E-state index in [4.69, 9.17) is 9.47 Å². The van der Waals surface area contributed by atoms with Crippen LogP contribution in [0.15, 0.2) is 30.4 Å². The van der Waals surface area contributed by atoms with Gasteiger partial charge < -0.3 is 35.6 Å². The quantitative estimate of drug-likeness (QED) is 0.121. The van der Waals surface area contributed by atoms with Crippen LogP contribution in [-0.4, -0.2) is 95.2 Å². The molecule has 3 rings (SSSR count). The number of aliphatic hydroxyl groups is 1. The first-order valence-corrected chi connectivity index (χ1v) is 15.0. The van der Waals surface area contributed by atoms with E-state index in [1.54, 1.807) is 19.2 Å². The van der Waals surface area contributed by atoms with Crippen LogP contribution in [0.1, 0.15) is 63.0 Å². The Labute approximate surface area is 261 Å². The number of rotatable bonds is 17. The Morgan fingerprint density at radius 3 is 2.47 bits per heavy atom. The molecule has 4 unspecified atom stereocenters. The number of unbranched alkanes of at least 4 members (excludes halogenated alkanes) is 2. The number of nitrogens with zero attached hydrogens (tertiary/aromatic N) is 1. The fourth-order valence-electron chi connectivity index (χ4n) is 5.14.